The molecule has 0 fully saturated rings. The predicted molar refractivity (Wildman–Crippen MR) is 146 cm³/mol. The molecule has 2 aromatic rings. The first-order chi connectivity index (χ1) is 17.0. The van der Waals surface area contributed by atoms with Gasteiger partial charge < -0.3 is 14.0 Å². The molecule has 0 aromatic heterocycles. The SMILES string of the molecule is CCCCCCCCCCc1cccc(OCCOC(=O)CCC[N+](C)(C)Cc2ccccc2)c1. The zero-order chi connectivity index (χ0) is 25.2. The van der Waals surface area contributed by atoms with Gasteiger partial charge in [0.15, 0.2) is 0 Å². The molecule has 0 radical (unpaired) electrons. The van der Waals surface area contributed by atoms with Crippen LogP contribution >= 0.6 is 0 Å². The van der Waals surface area contributed by atoms with Gasteiger partial charge in [0.1, 0.15) is 25.5 Å². The van der Waals surface area contributed by atoms with Gasteiger partial charge in [0.2, 0.25) is 0 Å². The van der Waals surface area contributed by atoms with Crippen LogP contribution in [0.1, 0.15) is 82.3 Å². The third kappa shape index (κ3) is 14.0. The van der Waals surface area contributed by atoms with E-state index in [1.165, 1.54) is 62.5 Å². The first-order valence-electron chi connectivity index (χ1n) is 13.7. The molecule has 0 bridgehead atoms. The molecule has 0 amide bonds. The summed E-state index contributed by atoms with van der Waals surface area (Å²) < 4.78 is 12.1. The Morgan fingerprint density at radius 2 is 1.46 bits per heavy atom. The quantitative estimate of drug-likeness (QED) is 0.119. The van der Waals surface area contributed by atoms with Crippen LogP contribution in [0.5, 0.6) is 5.75 Å². The summed E-state index contributed by atoms with van der Waals surface area (Å²) >= 11 is 0. The number of nitrogens with zero attached hydrogens (tertiary/aromatic N) is 1. The minimum Gasteiger partial charge on any atom is -0.490 e. The van der Waals surface area contributed by atoms with Crippen LogP contribution < -0.4 is 4.74 Å². The monoisotopic (exact) mass is 482 g/mol. The van der Waals surface area contributed by atoms with Crippen LogP contribution in [0.2, 0.25) is 0 Å². The molecule has 4 nitrogen and oxygen atoms in total. The van der Waals surface area contributed by atoms with Gasteiger partial charge in [0.05, 0.1) is 27.1 Å². The topological polar surface area (TPSA) is 35.5 Å². The van der Waals surface area contributed by atoms with E-state index in [0.29, 0.717) is 19.6 Å². The van der Waals surface area contributed by atoms with Crippen molar-refractivity contribution in [1.29, 1.82) is 0 Å². The molecule has 2 rings (SSSR count). The van der Waals surface area contributed by atoms with Crippen LogP contribution in [0.25, 0.3) is 0 Å². The van der Waals surface area contributed by atoms with Crippen LogP contribution in [0.15, 0.2) is 54.6 Å². The summed E-state index contributed by atoms with van der Waals surface area (Å²) in [6, 6.07) is 18.8. The maximum atomic E-state index is 12.1. The maximum Gasteiger partial charge on any atom is 0.306 e. The molecular weight excluding hydrogens is 434 g/mol. The number of aryl methyl sites for hydroxylation is 1. The Balaban J connectivity index is 1.53. The highest BCUT2D eigenvalue weighted by molar-refractivity contribution is 5.69. The Bertz CT molecular complexity index is 819. The third-order valence-electron chi connectivity index (χ3n) is 6.43. The van der Waals surface area contributed by atoms with Crippen molar-refractivity contribution in [2.24, 2.45) is 0 Å². The van der Waals surface area contributed by atoms with Gasteiger partial charge in [-0.1, -0.05) is 94.3 Å². The number of carbonyl (C=O) groups excluding carboxylic acids is 1. The number of unbranched alkanes of at least 4 members (excludes halogenated alkanes) is 7. The zero-order valence-corrected chi connectivity index (χ0v) is 22.5. The van der Waals surface area contributed by atoms with Gasteiger partial charge in [0.25, 0.3) is 0 Å². The van der Waals surface area contributed by atoms with Crippen molar-refractivity contribution in [3.8, 4) is 5.75 Å². The van der Waals surface area contributed by atoms with Crippen molar-refractivity contribution in [2.45, 2.75) is 84.1 Å². The summed E-state index contributed by atoms with van der Waals surface area (Å²) in [6.07, 6.45) is 13.1. The lowest BCUT2D eigenvalue weighted by Crippen LogP contribution is -2.39. The summed E-state index contributed by atoms with van der Waals surface area (Å²) in [5.41, 5.74) is 2.64. The summed E-state index contributed by atoms with van der Waals surface area (Å²) in [5.74, 6) is 0.717. The van der Waals surface area contributed by atoms with Crippen LogP contribution in [0.3, 0.4) is 0 Å². The molecule has 0 atom stereocenters. The lowest BCUT2D eigenvalue weighted by molar-refractivity contribution is -0.903. The molecule has 35 heavy (non-hydrogen) atoms. The summed E-state index contributed by atoms with van der Waals surface area (Å²) in [5, 5.41) is 0. The molecule has 0 saturated carbocycles. The maximum absolute atomic E-state index is 12.1. The van der Waals surface area contributed by atoms with Crippen molar-refractivity contribution in [1.82, 2.24) is 0 Å². The molecular formula is C31H48NO3+. The Hall–Kier alpha value is -2.33. The smallest absolute Gasteiger partial charge is 0.306 e. The Morgan fingerprint density at radius 3 is 2.20 bits per heavy atom. The molecule has 4 heteroatoms. The van der Waals surface area contributed by atoms with Crippen molar-refractivity contribution < 1.29 is 18.8 Å². The molecule has 0 aliphatic heterocycles. The number of hydrogen-bond acceptors (Lipinski definition) is 3. The predicted octanol–water partition coefficient (Wildman–Crippen LogP) is 7.35. The van der Waals surface area contributed by atoms with E-state index in [2.05, 4.69) is 63.5 Å². The summed E-state index contributed by atoms with van der Waals surface area (Å²) in [4.78, 5) is 12.1. The van der Waals surface area contributed by atoms with Crippen LogP contribution in [-0.2, 0) is 22.5 Å². The minimum atomic E-state index is -0.142. The molecule has 0 saturated heterocycles. The highest BCUT2D eigenvalue weighted by atomic mass is 16.6. The average molecular weight is 483 g/mol. The number of benzene rings is 2. The van der Waals surface area contributed by atoms with Gasteiger partial charge in [-0.2, -0.15) is 0 Å². The molecule has 0 N–H and O–H groups in total. The standard InChI is InChI=1S/C31H48NO3/c1-4-5-6-7-8-9-10-12-17-28-20-15-21-30(26-28)34-24-25-35-31(33)22-16-23-32(2,3)27-29-18-13-11-14-19-29/h11,13-15,18-21,26H,4-10,12,16-17,22-25,27H2,1-3H3/q+1. The van der Waals surface area contributed by atoms with E-state index < -0.39 is 0 Å². The largest absolute Gasteiger partial charge is 0.490 e. The van der Waals surface area contributed by atoms with Crippen molar-refractivity contribution in [3.63, 3.8) is 0 Å². The summed E-state index contributed by atoms with van der Waals surface area (Å²) in [7, 11) is 4.41. The van der Waals surface area contributed by atoms with Gasteiger partial charge in [0, 0.05) is 12.0 Å². The van der Waals surface area contributed by atoms with E-state index in [9.17, 15) is 4.79 Å². The molecule has 0 unspecified atom stereocenters. The fourth-order valence-electron chi connectivity index (χ4n) is 4.45. The van der Waals surface area contributed by atoms with E-state index in [0.717, 1.165) is 36.2 Å². The number of quaternary nitrogens is 1. The van der Waals surface area contributed by atoms with Gasteiger partial charge in [-0.15, -0.1) is 0 Å². The van der Waals surface area contributed by atoms with Crippen molar-refractivity contribution in [2.75, 3.05) is 33.9 Å². The van der Waals surface area contributed by atoms with Crippen LogP contribution in [0.4, 0.5) is 0 Å². The fourth-order valence-corrected chi connectivity index (χ4v) is 4.45. The van der Waals surface area contributed by atoms with Gasteiger partial charge in [-0.05, 0) is 30.5 Å². The Labute approximate surface area is 214 Å². The van der Waals surface area contributed by atoms with Gasteiger partial charge >= 0.3 is 5.97 Å². The number of carbonyl (C=O) groups is 1. The first-order valence-corrected chi connectivity index (χ1v) is 13.7. The third-order valence-corrected chi connectivity index (χ3v) is 6.43. The molecule has 0 heterocycles. The Morgan fingerprint density at radius 1 is 0.771 bits per heavy atom. The van der Waals surface area contributed by atoms with Crippen LogP contribution in [-0.4, -0.2) is 44.3 Å². The van der Waals surface area contributed by atoms with Gasteiger partial charge in [-0.25, -0.2) is 0 Å². The second kappa shape index (κ2) is 17.2. The average Bonchev–Trinajstić information content (AvgIpc) is 2.84. The molecule has 0 spiro atoms. The number of esters is 1. The van der Waals surface area contributed by atoms with E-state index >= 15 is 0 Å². The highest BCUT2D eigenvalue weighted by Gasteiger charge is 2.16. The second-order valence-electron chi connectivity index (χ2n) is 10.3. The number of rotatable bonds is 19. The van der Waals surface area contributed by atoms with E-state index in [1.54, 1.807) is 0 Å². The van der Waals surface area contributed by atoms with E-state index in [1.807, 2.05) is 12.1 Å². The molecule has 2 aromatic carbocycles. The van der Waals surface area contributed by atoms with Gasteiger partial charge in [-0.3, -0.25) is 4.79 Å². The Kier molecular flexibility index (Phi) is 14.2. The summed E-state index contributed by atoms with van der Waals surface area (Å²) in [6.45, 7) is 4.85. The van der Waals surface area contributed by atoms with Crippen molar-refractivity contribution in [3.05, 3.63) is 65.7 Å². The number of hydrogen-bond donors (Lipinski definition) is 0. The second-order valence-corrected chi connectivity index (χ2v) is 10.3. The first kappa shape index (κ1) is 28.9. The molecule has 0 aliphatic carbocycles. The molecule has 0 aliphatic rings. The lowest BCUT2D eigenvalue weighted by Gasteiger charge is -2.29. The number of ether oxygens (including phenoxy) is 2. The molecule has 194 valence electrons. The fraction of sp³-hybridized carbons (Fsp3) is 0.581. The zero-order valence-electron chi connectivity index (χ0n) is 22.5. The normalized spacial score (nSPS) is 11.4. The lowest BCUT2D eigenvalue weighted by atomic mass is 10.0. The minimum absolute atomic E-state index is 0.142. The van der Waals surface area contributed by atoms with Crippen molar-refractivity contribution >= 4 is 5.97 Å². The van der Waals surface area contributed by atoms with E-state index in [4.69, 9.17) is 9.47 Å². The van der Waals surface area contributed by atoms with Crippen LogP contribution in [0, 0.1) is 0 Å². The van der Waals surface area contributed by atoms with E-state index in [-0.39, 0.29) is 5.97 Å². The highest BCUT2D eigenvalue weighted by Crippen LogP contribution is 2.17.